The van der Waals surface area contributed by atoms with Gasteiger partial charge >= 0.3 is 0 Å². The Morgan fingerprint density at radius 2 is 0.978 bits per heavy atom. The average Bonchev–Trinajstić information content (AvgIpc) is 3.46. The van der Waals surface area contributed by atoms with E-state index in [0.717, 1.165) is 72.3 Å². The van der Waals surface area contributed by atoms with Crippen molar-refractivity contribution < 1.29 is 0 Å². The second-order valence-corrected chi connectivity index (χ2v) is 11.4. The van der Waals surface area contributed by atoms with Gasteiger partial charge in [-0.15, -0.1) is 0 Å². The summed E-state index contributed by atoms with van der Waals surface area (Å²) in [6.45, 7) is 2.08. The van der Waals surface area contributed by atoms with Crippen molar-refractivity contribution in [3.8, 4) is 56.8 Å². The van der Waals surface area contributed by atoms with E-state index in [1.807, 2.05) is 60.7 Å². The van der Waals surface area contributed by atoms with Crippen LogP contribution in [0.15, 0.2) is 152 Å². The lowest BCUT2D eigenvalue weighted by Gasteiger charge is -2.18. The van der Waals surface area contributed by atoms with Gasteiger partial charge in [-0.05, 0) is 36.8 Å². The van der Waals surface area contributed by atoms with Crippen LogP contribution in [0.25, 0.3) is 72.5 Å². The van der Waals surface area contributed by atoms with E-state index in [9.17, 15) is 5.26 Å². The summed E-state index contributed by atoms with van der Waals surface area (Å²) in [6, 6.07) is 54.2. The number of fused-ring (bicyclic) bond motifs is 3. The quantitative estimate of drug-likeness (QED) is 0.201. The molecule has 0 aliphatic rings. The predicted molar refractivity (Wildman–Crippen MR) is 188 cm³/mol. The molecule has 8 aromatic rings. The average molecular weight is 589 g/mol. The van der Waals surface area contributed by atoms with Crippen LogP contribution >= 0.6 is 0 Å². The van der Waals surface area contributed by atoms with Gasteiger partial charge in [-0.25, -0.2) is 9.97 Å². The summed E-state index contributed by atoms with van der Waals surface area (Å²) in [6.07, 6.45) is 0. The Morgan fingerprint density at radius 3 is 1.48 bits per heavy atom. The van der Waals surface area contributed by atoms with Crippen LogP contribution in [0.1, 0.15) is 11.1 Å². The molecule has 0 saturated carbocycles. The highest BCUT2D eigenvalue weighted by molar-refractivity contribution is 6.10. The molecular weight excluding hydrogens is 560 g/mol. The number of nitriles is 1. The Kier molecular flexibility index (Phi) is 6.70. The highest BCUT2D eigenvalue weighted by atomic mass is 15.0. The van der Waals surface area contributed by atoms with Crippen LogP contribution in [0, 0.1) is 18.3 Å². The van der Waals surface area contributed by atoms with Gasteiger partial charge in [0.1, 0.15) is 6.07 Å². The zero-order valence-electron chi connectivity index (χ0n) is 25.2. The minimum Gasteiger partial charge on any atom is -0.307 e. The summed E-state index contributed by atoms with van der Waals surface area (Å²) in [5, 5.41) is 13.1. The van der Waals surface area contributed by atoms with E-state index >= 15 is 0 Å². The van der Waals surface area contributed by atoms with Crippen molar-refractivity contribution in [2.45, 2.75) is 6.92 Å². The summed E-state index contributed by atoms with van der Waals surface area (Å²) in [7, 11) is 0. The maximum atomic E-state index is 10.8. The number of aromatic nitrogens is 3. The Balaban J connectivity index is 1.46. The number of rotatable bonds is 5. The summed E-state index contributed by atoms with van der Waals surface area (Å²) < 4.78 is 2.23. The molecule has 0 saturated heterocycles. The number of benzene rings is 6. The Bertz CT molecular complexity index is 2310. The minimum absolute atomic E-state index is 0.551. The Morgan fingerprint density at radius 1 is 0.522 bits per heavy atom. The molecule has 0 spiro atoms. The van der Waals surface area contributed by atoms with E-state index < -0.39 is 0 Å². The highest BCUT2D eigenvalue weighted by Crippen LogP contribution is 2.40. The number of nitrogens with zero attached hydrogens (tertiary/aromatic N) is 4. The SMILES string of the molecule is Cc1c(-c2ccccc2)nc(-c2cc(C#N)c(-n3c4ccccc4c4ccccc43)c(-c3ccccc3)c2)nc1-c1ccccc1. The fourth-order valence-corrected chi connectivity index (χ4v) is 6.49. The predicted octanol–water partition coefficient (Wildman–Crippen LogP) is 10.4. The first kappa shape index (κ1) is 27.3. The van der Waals surface area contributed by atoms with E-state index in [1.165, 1.54) is 0 Å². The van der Waals surface area contributed by atoms with Crippen molar-refractivity contribution in [1.29, 1.82) is 5.26 Å². The standard InChI is InChI=1S/C42H28N4/c1-28-39(30-17-7-3-8-18-30)44-42(45-40(28)31-19-9-4-10-20-31)32-25-33(27-43)41(36(26-32)29-15-5-2-6-16-29)46-37-23-13-11-21-34(37)35-22-12-14-24-38(35)46/h2-26H,1H3. The molecule has 4 heteroatoms. The van der Waals surface area contributed by atoms with Crippen molar-refractivity contribution in [3.63, 3.8) is 0 Å². The third-order valence-corrected chi connectivity index (χ3v) is 8.62. The molecule has 8 rings (SSSR count). The van der Waals surface area contributed by atoms with Crippen LogP contribution in [0.3, 0.4) is 0 Å². The molecule has 46 heavy (non-hydrogen) atoms. The van der Waals surface area contributed by atoms with Crippen molar-refractivity contribution in [1.82, 2.24) is 14.5 Å². The third-order valence-electron chi connectivity index (χ3n) is 8.62. The maximum Gasteiger partial charge on any atom is 0.160 e. The molecule has 0 fully saturated rings. The van der Waals surface area contributed by atoms with E-state index in [4.69, 9.17) is 9.97 Å². The van der Waals surface area contributed by atoms with Crippen molar-refractivity contribution in [2.24, 2.45) is 0 Å². The van der Waals surface area contributed by atoms with Crippen molar-refractivity contribution in [3.05, 3.63) is 163 Å². The van der Waals surface area contributed by atoms with E-state index in [0.29, 0.717) is 11.4 Å². The maximum absolute atomic E-state index is 10.8. The van der Waals surface area contributed by atoms with Crippen LogP contribution in [-0.2, 0) is 0 Å². The van der Waals surface area contributed by atoms with Gasteiger partial charge in [-0.1, -0.05) is 127 Å². The molecule has 0 N–H and O–H groups in total. The Labute approximate surface area is 267 Å². The van der Waals surface area contributed by atoms with Gasteiger partial charge in [0.2, 0.25) is 0 Å². The fraction of sp³-hybridized carbons (Fsp3) is 0.0238. The topological polar surface area (TPSA) is 54.5 Å². The zero-order valence-corrected chi connectivity index (χ0v) is 25.2. The molecular formula is C42H28N4. The molecule has 2 heterocycles. The van der Waals surface area contributed by atoms with Crippen LogP contribution in [0.4, 0.5) is 0 Å². The molecule has 0 aliphatic heterocycles. The number of hydrogen-bond acceptors (Lipinski definition) is 3. The van der Waals surface area contributed by atoms with Crippen molar-refractivity contribution >= 4 is 21.8 Å². The second-order valence-electron chi connectivity index (χ2n) is 11.4. The molecule has 0 unspecified atom stereocenters. The summed E-state index contributed by atoms with van der Waals surface area (Å²) >= 11 is 0. The lowest BCUT2D eigenvalue weighted by atomic mass is 9.95. The van der Waals surface area contributed by atoms with Gasteiger partial charge < -0.3 is 4.57 Å². The van der Waals surface area contributed by atoms with E-state index in [2.05, 4.69) is 109 Å². The summed E-state index contributed by atoms with van der Waals surface area (Å²) in [4.78, 5) is 10.3. The highest BCUT2D eigenvalue weighted by Gasteiger charge is 2.22. The largest absolute Gasteiger partial charge is 0.307 e. The summed E-state index contributed by atoms with van der Waals surface area (Å²) in [5.41, 5.74) is 11.0. The molecule has 0 radical (unpaired) electrons. The third kappa shape index (κ3) is 4.54. The van der Waals surface area contributed by atoms with Gasteiger partial charge in [0.05, 0.1) is 33.7 Å². The van der Waals surface area contributed by atoms with Crippen LogP contribution in [0.2, 0.25) is 0 Å². The van der Waals surface area contributed by atoms with Gasteiger partial charge in [-0.3, -0.25) is 0 Å². The molecule has 0 bridgehead atoms. The first-order valence-electron chi connectivity index (χ1n) is 15.3. The molecule has 216 valence electrons. The normalized spacial score (nSPS) is 11.1. The lowest BCUT2D eigenvalue weighted by molar-refractivity contribution is 1.14. The number of hydrogen-bond donors (Lipinski definition) is 0. The van der Waals surface area contributed by atoms with E-state index in [-0.39, 0.29) is 0 Å². The monoisotopic (exact) mass is 588 g/mol. The molecule has 0 aliphatic carbocycles. The van der Waals surface area contributed by atoms with Gasteiger partial charge in [0.15, 0.2) is 5.82 Å². The summed E-state index contributed by atoms with van der Waals surface area (Å²) in [5.74, 6) is 0.575. The molecule has 0 amide bonds. The van der Waals surface area contributed by atoms with Crippen LogP contribution in [-0.4, -0.2) is 14.5 Å². The van der Waals surface area contributed by atoms with E-state index in [1.54, 1.807) is 0 Å². The van der Waals surface area contributed by atoms with Crippen LogP contribution in [0.5, 0.6) is 0 Å². The lowest BCUT2D eigenvalue weighted by Crippen LogP contribution is -2.04. The Hall–Kier alpha value is -6.31. The minimum atomic E-state index is 0.551. The second kappa shape index (κ2) is 11.3. The first-order valence-corrected chi connectivity index (χ1v) is 15.3. The molecule has 6 aromatic carbocycles. The smallest absolute Gasteiger partial charge is 0.160 e. The van der Waals surface area contributed by atoms with Crippen LogP contribution < -0.4 is 0 Å². The first-order chi connectivity index (χ1) is 22.7. The fourth-order valence-electron chi connectivity index (χ4n) is 6.49. The molecule has 2 aromatic heterocycles. The zero-order chi connectivity index (χ0) is 31.0. The molecule has 4 nitrogen and oxygen atoms in total. The van der Waals surface area contributed by atoms with Gasteiger partial charge in [-0.2, -0.15) is 5.26 Å². The number of para-hydroxylation sites is 2. The molecule has 0 atom stereocenters. The van der Waals surface area contributed by atoms with Crippen molar-refractivity contribution in [2.75, 3.05) is 0 Å². The van der Waals surface area contributed by atoms with Gasteiger partial charge in [0, 0.05) is 38.6 Å². The van der Waals surface area contributed by atoms with Gasteiger partial charge in [0.25, 0.3) is 0 Å².